The van der Waals surface area contributed by atoms with E-state index in [4.69, 9.17) is 23.2 Å². The van der Waals surface area contributed by atoms with Gasteiger partial charge in [0, 0.05) is 22.1 Å². The molecule has 100 valence electrons. The second-order valence-corrected chi connectivity index (χ2v) is 5.53. The SMILES string of the molecule is C[C@H](N[C@H](C)c1ccccc1)c1ccc(Cl)cc1Cl. The van der Waals surface area contributed by atoms with Crippen molar-refractivity contribution < 1.29 is 0 Å². The maximum atomic E-state index is 6.23. The molecule has 0 aliphatic rings. The molecule has 0 amide bonds. The lowest BCUT2D eigenvalue weighted by molar-refractivity contribution is 0.495. The molecule has 2 aromatic carbocycles. The van der Waals surface area contributed by atoms with Crippen LogP contribution in [0.4, 0.5) is 0 Å². The van der Waals surface area contributed by atoms with Crippen molar-refractivity contribution in [2.75, 3.05) is 0 Å². The summed E-state index contributed by atoms with van der Waals surface area (Å²) in [6.45, 7) is 4.25. The molecular formula is C16H17Cl2N. The Kier molecular flexibility index (Phi) is 4.87. The molecule has 0 spiro atoms. The van der Waals surface area contributed by atoms with Crippen molar-refractivity contribution in [2.24, 2.45) is 0 Å². The molecule has 2 aromatic rings. The Hall–Kier alpha value is -1.02. The van der Waals surface area contributed by atoms with Crippen LogP contribution in [-0.2, 0) is 0 Å². The third-order valence-corrected chi connectivity index (χ3v) is 3.79. The Morgan fingerprint density at radius 3 is 2.21 bits per heavy atom. The summed E-state index contributed by atoms with van der Waals surface area (Å²) in [5, 5.41) is 4.91. The van der Waals surface area contributed by atoms with E-state index in [0.29, 0.717) is 10.0 Å². The molecule has 0 aliphatic carbocycles. The minimum atomic E-state index is 0.167. The highest BCUT2D eigenvalue weighted by Crippen LogP contribution is 2.27. The van der Waals surface area contributed by atoms with E-state index in [9.17, 15) is 0 Å². The van der Waals surface area contributed by atoms with E-state index in [-0.39, 0.29) is 12.1 Å². The highest BCUT2D eigenvalue weighted by molar-refractivity contribution is 6.35. The van der Waals surface area contributed by atoms with Crippen LogP contribution in [0.5, 0.6) is 0 Å². The molecule has 0 unspecified atom stereocenters. The van der Waals surface area contributed by atoms with Crippen molar-refractivity contribution in [3.05, 3.63) is 69.7 Å². The lowest BCUT2D eigenvalue weighted by Crippen LogP contribution is -2.22. The highest BCUT2D eigenvalue weighted by Gasteiger charge is 2.13. The van der Waals surface area contributed by atoms with Crippen LogP contribution < -0.4 is 5.32 Å². The summed E-state index contributed by atoms with van der Waals surface area (Å²) >= 11 is 12.1. The second-order valence-electron chi connectivity index (χ2n) is 4.69. The average Bonchev–Trinajstić information content (AvgIpc) is 2.39. The van der Waals surface area contributed by atoms with Gasteiger partial charge in [0.1, 0.15) is 0 Å². The highest BCUT2D eigenvalue weighted by atomic mass is 35.5. The summed E-state index contributed by atoms with van der Waals surface area (Å²) < 4.78 is 0. The van der Waals surface area contributed by atoms with Gasteiger partial charge in [-0.25, -0.2) is 0 Å². The van der Waals surface area contributed by atoms with E-state index in [1.807, 2.05) is 30.3 Å². The van der Waals surface area contributed by atoms with Gasteiger partial charge in [-0.2, -0.15) is 0 Å². The fourth-order valence-corrected chi connectivity index (χ4v) is 2.73. The fourth-order valence-electron chi connectivity index (χ4n) is 2.16. The lowest BCUT2D eigenvalue weighted by atomic mass is 10.0. The third-order valence-electron chi connectivity index (χ3n) is 3.23. The Bertz CT molecular complexity index is 540. The van der Waals surface area contributed by atoms with Crippen LogP contribution in [0.25, 0.3) is 0 Å². The number of rotatable bonds is 4. The van der Waals surface area contributed by atoms with E-state index in [2.05, 4.69) is 31.3 Å². The third kappa shape index (κ3) is 3.73. The number of halogens is 2. The molecule has 1 nitrogen and oxygen atoms in total. The van der Waals surface area contributed by atoms with Crippen molar-refractivity contribution >= 4 is 23.2 Å². The fraction of sp³-hybridized carbons (Fsp3) is 0.250. The van der Waals surface area contributed by atoms with Crippen molar-refractivity contribution in [1.29, 1.82) is 0 Å². The van der Waals surface area contributed by atoms with Crippen molar-refractivity contribution in [3.8, 4) is 0 Å². The molecule has 0 fully saturated rings. The Labute approximate surface area is 124 Å². The first-order chi connectivity index (χ1) is 9.08. The maximum absolute atomic E-state index is 6.23. The van der Waals surface area contributed by atoms with Gasteiger partial charge in [0.15, 0.2) is 0 Å². The topological polar surface area (TPSA) is 12.0 Å². The number of hydrogen-bond acceptors (Lipinski definition) is 1. The van der Waals surface area contributed by atoms with Gasteiger partial charge in [0.2, 0.25) is 0 Å². The van der Waals surface area contributed by atoms with Crippen LogP contribution in [0.3, 0.4) is 0 Å². The van der Waals surface area contributed by atoms with Crippen molar-refractivity contribution in [1.82, 2.24) is 5.32 Å². The number of hydrogen-bond donors (Lipinski definition) is 1. The van der Waals surface area contributed by atoms with E-state index < -0.39 is 0 Å². The van der Waals surface area contributed by atoms with E-state index >= 15 is 0 Å². The molecule has 19 heavy (non-hydrogen) atoms. The zero-order valence-corrected chi connectivity index (χ0v) is 12.5. The maximum Gasteiger partial charge on any atom is 0.0468 e. The van der Waals surface area contributed by atoms with Gasteiger partial charge in [-0.15, -0.1) is 0 Å². The van der Waals surface area contributed by atoms with Gasteiger partial charge in [0.25, 0.3) is 0 Å². The normalized spacial score (nSPS) is 14.1. The Balaban J connectivity index is 2.10. The van der Waals surface area contributed by atoms with Crippen molar-refractivity contribution in [2.45, 2.75) is 25.9 Å². The largest absolute Gasteiger partial charge is 0.304 e. The summed E-state index contributed by atoms with van der Waals surface area (Å²) in [6.07, 6.45) is 0. The van der Waals surface area contributed by atoms with Crippen molar-refractivity contribution in [3.63, 3.8) is 0 Å². The van der Waals surface area contributed by atoms with Crippen LogP contribution in [-0.4, -0.2) is 0 Å². The van der Waals surface area contributed by atoms with Crippen LogP contribution in [0.15, 0.2) is 48.5 Å². The summed E-state index contributed by atoms with van der Waals surface area (Å²) in [4.78, 5) is 0. The zero-order valence-electron chi connectivity index (χ0n) is 11.0. The van der Waals surface area contributed by atoms with Gasteiger partial charge in [-0.3, -0.25) is 0 Å². The molecular weight excluding hydrogens is 277 g/mol. The molecule has 1 N–H and O–H groups in total. The molecule has 0 heterocycles. The van der Waals surface area contributed by atoms with Crippen LogP contribution in [0, 0.1) is 0 Å². The first-order valence-electron chi connectivity index (χ1n) is 6.34. The summed E-state index contributed by atoms with van der Waals surface area (Å²) in [5.41, 5.74) is 2.33. The van der Waals surface area contributed by atoms with Crippen LogP contribution in [0.2, 0.25) is 10.0 Å². The zero-order chi connectivity index (χ0) is 13.8. The second kappa shape index (κ2) is 6.42. The first-order valence-corrected chi connectivity index (χ1v) is 7.09. The predicted molar refractivity (Wildman–Crippen MR) is 82.9 cm³/mol. The van der Waals surface area contributed by atoms with E-state index in [1.54, 1.807) is 6.07 Å². The molecule has 0 saturated heterocycles. The molecule has 0 bridgehead atoms. The minimum Gasteiger partial charge on any atom is -0.304 e. The molecule has 2 rings (SSSR count). The van der Waals surface area contributed by atoms with Gasteiger partial charge in [-0.1, -0.05) is 59.6 Å². The van der Waals surface area contributed by atoms with Crippen LogP contribution >= 0.6 is 23.2 Å². The summed E-state index contributed by atoms with van der Waals surface area (Å²) in [7, 11) is 0. The molecule has 0 aromatic heterocycles. The summed E-state index contributed by atoms with van der Waals surface area (Å²) in [5.74, 6) is 0. The Morgan fingerprint density at radius 1 is 0.895 bits per heavy atom. The molecule has 2 atom stereocenters. The van der Waals surface area contributed by atoms with E-state index in [0.717, 1.165) is 5.56 Å². The van der Waals surface area contributed by atoms with Gasteiger partial charge in [-0.05, 0) is 37.1 Å². The van der Waals surface area contributed by atoms with E-state index in [1.165, 1.54) is 5.56 Å². The Morgan fingerprint density at radius 2 is 1.58 bits per heavy atom. The van der Waals surface area contributed by atoms with Gasteiger partial charge >= 0.3 is 0 Å². The minimum absolute atomic E-state index is 0.167. The average molecular weight is 294 g/mol. The summed E-state index contributed by atoms with van der Waals surface area (Å²) in [6, 6.07) is 16.4. The molecule has 3 heteroatoms. The lowest BCUT2D eigenvalue weighted by Gasteiger charge is -2.21. The molecule has 0 radical (unpaired) electrons. The molecule has 0 saturated carbocycles. The predicted octanol–water partition coefficient (Wildman–Crippen LogP) is 5.41. The van der Waals surface area contributed by atoms with Gasteiger partial charge < -0.3 is 5.32 Å². The smallest absolute Gasteiger partial charge is 0.0468 e. The first kappa shape index (κ1) is 14.4. The van der Waals surface area contributed by atoms with Gasteiger partial charge in [0.05, 0.1) is 0 Å². The number of benzene rings is 2. The standard InChI is InChI=1S/C16H17Cl2N/c1-11(13-6-4-3-5-7-13)19-12(2)15-9-8-14(17)10-16(15)18/h3-12,19H,1-2H3/t11-,12+/m1/s1. The monoisotopic (exact) mass is 293 g/mol. The quantitative estimate of drug-likeness (QED) is 0.795. The number of nitrogens with one attached hydrogen (secondary N) is 1. The molecule has 0 aliphatic heterocycles. The van der Waals surface area contributed by atoms with Crippen LogP contribution in [0.1, 0.15) is 37.1 Å².